The average molecular weight is 366 g/mol. The predicted molar refractivity (Wildman–Crippen MR) is 106 cm³/mol. The van der Waals surface area contributed by atoms with Crippen LogP contribution in [-0.2, 0) is 7.05 Å². The number of aromatic nitrogens is 3. The van der Waals surface area contributed by atoms with Gasteiger partial charge in [-0.3, -0.25) is 14.0 Å². The lowest BCUT2D eigenvalue weighted by molar-refractivity contribution is 0.0638. The largest absolute Gasteiger partial charge is 0.335 e. The van der Waals surface area contributed by atoms with E-state index in [4.69, 9.17) is 4.98 Å². The fraction of sp³-hybridized carbons (Fsp3) is 0.476. The minimum Gasteiger partial charge on any atom is -0.335 e. The van der Waals surface area contributed by atoms with Crippen molar-refractivity contribution in [2.24, 2.45) is 7.05 Å². The van der Waals surface area contributed by atoms with Crippen molar-refractivity contribution in [1.82, 2.24) is 18.9 Å². The molecule has 0 radical (unpaired) electrons. The maximum Gasteiger partial charge on any atom is 0.270 e. The van der Waals surface area contributed by atoms with Gasteiger partial charge in [0.1, 0.15) is 17.0 Å². The van der Waals surface area contributed by atoms with Gasteiger partial charge in [-0.25, -0.2) is 4.98 Å². The summed E-state index contributed by atoms with van der Waals surface area (Å²) >= 11 is 0. The van der Waals surface area contributed by atoms with E-state index in [0.717, 1.165) is 18.4 Å². The molecule has 0 bridgehead atoms. The van der Waals surface area contributed by atoms with Crippen molar-refractivity contribution in [3.63, 3.8) is 0 Å². The first-order valence-corrected chi connectivity index (χ1v) is 9.81. The third-order valence-corrected chi connectivity index (χ3v) is 5.86. The Labute approximate surface area is 158 Å². The van der Waals surface area contributed by atoms with Crippen molar-refractivity contribution >= 4 is 22.6 Å². The molecule has 1 amide bonds. The molecule has 3 heterocycles. The van der Waals surface area contributed by atoms with Gasteiger partial charge in [-0.2, -0.15) is 0 Å². The van der Waals surface area contributed by atoms with Gasteiger partial charge in [-0.1, -0.05) is 25.3 Å². The van der Waals surface area contributed by atoms with E-state index in [1.54, 1.807) is 21.2 Å². The summed E-state index contributed by atoms with van der Waals surface area (Å²) in [5.41, 5.74) is 2.54. The quantitative estimate of drug-likeness (QED) is 0.715. The van der Waals surface area contributed by atoms with Crippen molar-refractivity contribution in [1.29, 1.82) is 0 Å². The zero-order valence-electron chi connectivity index (χ0n) is 16.2. The van der Waals surface area contributed by atoms with E-state index in [0.29, 0.717) is 35.0 Å². The molecule has 6 heteroatoms. The second-order valence-corrected chi connectivity index (χ2v) is 7.51. The van der Waals surface area contributed by atoms with Gasteiger partial charge in [0.15, 0.2) is 0 Å². The smallest absolute Gasteiger partial charge is 0.270 e. The first-order chi connectivity index (χ1) is 13.0. The fourth-order valence-electron chi connectivity index (χ4n) is 4.34. The Bertz CT molecular complexity index is 1070. The van der Waals surface area contributed by atoms with Crippen LogP contribution in [0.25, 0.3) is 16.7 Å². The molecule has 4 rings (SSSR count). The maximum atomic E-state index is 13.3. The second kappa shape index (κ2) is 6.83. The summed E-state index contributed by atoms with van der Waals surface area (Å²) in [4.78, 5) is 32.9. The summed E-state index contributed by atoms with van der Waals surface area (Å²) in [6.45, 7) is 4.64. The molecule has 1 aliphatic carbocycles. The number of nitrogens with zero attached hydrogens (tertiary/aromatic N) is 4. The van der Waals surface area contributed by atoms with Crippen molar-refractivity contribution in [3.8, 4) is 0 Å². The number of carbonyl (C=O) groups excluding carboxylic acids is 1. The predicted octanol–water partition coefficient (Wildman–Crippen LogP) is 3.29. The number of carbonyl (C=O) groups is 1. The molecule has 142 valence electrons. The second-order valence-electron chi connectivity index (χ2n) is 7.51. The van der Waals surface area contributed by atoms with Gasteiger partial charge >= 0.3 is 0 Å². The summed E-state index contributed by atoms with van der Waals surface area (Å²) in [6, 6.07) is 5.79. The van der Waals surface area contributed by atoms with Gasteiger partial charge in [0.05, 0.1) is 5.39 Å². The standard InChI is InChI=1S/C21H26N4O2/c1-4-24(15-10-6-5-7-11-15)21(27)17-13-16-19(23(17)3)22-18-14(2)9-8-12-25(18)20(16)26/h8-9,12-13,15H,4-7,10-11H2,1-3H3. The molecule has 0 atom stereocenters. The molecular weight excluding hydrogens is 340 g/mol. The first kappa shape index (κ1) is 17.8. The average Bonchev–Trinajstić information content (AvgIpc) is 3.01. The van der Waals surface area contributed by atoms with E-state index < -0.39 is 0 Å². The molecule has 3 aromatic rings. The van der Waals surface area contributed by atoms with Crippen LogP contribution in [0.5, 0.6) is 0 Å². The lowest BCUT2D eigenvalue weighted by atomic mass is 9.94. The van der Waals surface area contributed by atoms with E-state index in [2.05, 4.69) is 0 Å². The van der Waals surface area contributed by atoms with Gasteiger partial charge in [-0.15, -0.1) is 0 Å². The van der Waals surface area contributed by atoms with E-state index in [-0.39, 0.29) is 11.5 Å². The van der Waals surface area contributed by atoms with Crippen molar-refractivity contribution in [3.05, 3.63) is 46.0 Å². The summed E-state index contributed by atoms with van der Waals surface area (Å²) in [6.07, 6.45) is 7.46. The number of fused-ring (bicyclic) bond motifs is 2. The fourth-order valence-corrected chi connectivity index (χ4v) is 4.34. The highest BCUT2D eigenvalue weighted by Crippen LogP contribution is 2.25. The Kier molecular flexibility index (Phi) is 4.50. The molecule has 0 N–H and O–H groups in total. The summed E-state index contributed by atoms with van der Waals surface area (Å²) in [7, 11) is 1.82. The zero-order chi connectivity index (χ0) is 19.1. The number of hydrogen-bond donors (Lipinski definition) is 0. The topological polar surface area (TPSA) is 59.6 Å². The number of rotatable bonds is 3. The van der Waals surface area contributed by atoms with E-state index in [1.165, 1.54) is 19.3 Å². The van der Waals surface area contributed by atoms with Crippen LogP contribution in [-0.4, -0.2) is 37.3 Å². The molecule has 0 aromatic carbocycles. The Hall–Kier alpha value is -2.63. The molecule has 0 unspecified atom stereocenters. The molecule has 3 aromatic heterocycles. The Morgan fingerprint density at radius 2 is 2.00 bits per heavy atom. The van der Waals surface area contributed by atoms with Crippen LogP contribution >= 0.6 is 0 Å². The highest BCUT2D eigenvalue weighted by atomic mass is 16.2. The lowest BCUT2D eigenvalue weighted by Gasteiger charge is -2.33. The van der Waals surface area contributed by atoms with Crippen LogP contribution in [0.1, 0.15) is 55.1 Å². The highest BCUT2D eigenvalue weighted by molar-refractivity contribution is 5.98. The van der Waals surface area contributed by atoms with Gasteiger partial charge < -0.3 is 9.47 Å². The van der Waals surface area contributed by atoms with Crippen LogP contribution in [0.4, 0.5) is 0 Å². The summed E-state index contributed by atoms with van der Waals surface area (Å²) < 4.78 is 3.33. The van der Waals surface area contributed by atoms with Crippen LogP contribution in [0.2, 0.25) is 0 Å². The number of hydrogen-bond acceptors (Lipinski definition) is 3. The van der Waals surface area contributed by atoms with Gasteiger partial charge in [0, 0.05) is 25.8 Å². The van der Waals surface area contributed by atoms with Gasteiger partial charge in [0.25, 0.3) is 11.5 Å². The molecule has 0 spiro atoms. The van der Waals surface area contributed by atoms with Crippen LogP contribution in [0.15, 0.2) is 29.2 Å². The van der Waals surface area contributed by atoms with Gasteiger partial charge in [0.2, 0.25) is 0 Å². The Morgan fingerprint density at radius 1 is 1.26 bits per heavy atom. The third-order valence-electron chi connectivity index (χ3n) is 5.86. The maximum absolute atomic E-state index is 13.3. The Balaban J connectivity index is 1.84. The lowest BCUT2D eigenvalue weighted by Crippen LogP contribution is -2.41. The minimum absolute atomic E-state index is 0.00456. The minimum atomic E-state index is -0.130. The number of amides is 1. The van der Waals surface area contributed by atoms with Crippen molar-refractivity contribution in [2.75, 3.05) is 6.54 Å². The number of aryl methyl sites for hydroxylation is 2. The van der Waals surface area contributed by atoms with Crippen molar-refractivity contribution in [2.45, 2.75) is 52.0 Å². The van der Waals surface area contributed by atoms with Crippen LogP contribution in [0, 0.1) is 6.92 Å². The molecule has 1 saturated carbocycles. The first-order valence-electron chi connectivity index (χ1n) is 9.81. The monoisotopic (exact) mass is 366 g/mol. The molecule has 1 fully saturated rings. The molecule has 6 nitrogen and oxygen atoms in total. The normalized spacial score (nSPS) is 15.5. The molecular formula is C21H26N4O2. The van der Waals surface area contributed by atoms with Crippen LogP contribution < -0.4 is 5.56 Å². The number of pyridine rings is 1. The van der Waals surface area contributed by atoms with Gasteiger partial charge in [-0.05, 0) is 44.4 Å². The van der Waals surface area contributed by atoms with Crippen LogP contribution in [0.3, 0.4) is 0 Å². The molecule has 27 heavy (non-hydrogen) atoms. The third kappa shape index (κ3) is 2.83. The highest BCUT2D eigenvalue weighted by Gasteiger charge is 2.28. The molecule has 0 saturated heterocycles. The van der Waals surface area contributed by atoms with E-state index >= 15 is 0 Å². The zero-order valence-corrected chi connectivity index (χ0v) is 16.2. The summed E-state index contributed by atoms with van der Waals surface area (Å²) in [5.74, 6) is -0.00456. The van der Waals surface area contributed by atoms with E-state index in [9.17, 15) is 9.59 Å². The van der Waals surface area contributed by atoms with E-state index in [1.807, 2.05) is 37.9 Å². The Morgan fingerprint density at radius 3 is 2.70 bits per heavy atom. The SMILES string of the molecule is CCN(C(=O)c1cc2c(=O)n3cccc(C)c3nc2n1C)C1CCCCC1. The van der Waals surface area contributed by atoms with Crippen molar-refractivity contribution < 1.29 is 4.79 Å². The molecule has 1 aliphatic rings. The molecule has 0 aliphatic heterocycles. The summed E-state index contributed by atoms with van der Waals surface area (Å²) in [5, 5.41) is 0.489.